The average molecular weight is 389 g/mol. The van der Waals surface area contributed by atoms with Gasteiger partial charge in [-0.3, -0.25) is 10.3 Å². The Hall–Kier alpha value is -3.41. The Bertz CT molecular complexity index is 972. The van der Waals surface area contributed by atoms with Crippen LogP contribution in [0.25, 0.3) is 11.1 Å². The standard InChI is InChI=1S/C23H28N6/c1-16-15-17(2)27-23(26-16)28-22(24)25-14-13-18-7-5-6-8-21(18)19-9-11-20(12-10-19)29(3)4/h5-12,15H,13-14H2,1-4H3,(H3,24,25,26,27,28). The summed E-state index contributed by atoms with van der Waals surface area (Å²) in [6.07, 6.45) is 0.793. The van der Waals surface area contributed by atoms with Gasteiger partial charge in [0.2, 0.25) is 5.95 Å². The smallest absolute Gasteiger partial charge is 0.229 e. The summed E-state index contributed by atoms with van der Waals surface area (Å²) in [5, 5.41) is 2.97. The van der Waals surface area contributed by atoms with Crippen molar-refractivity contribution in [3.05, 3.63) is 71.5 Å². The van der Waals surface area contributed by atoms with E-state index in [4.69, 9.17) is 5.73 Å². The van der Waals surface area contributed by atoms with Crippen LogP contribution in [0.1, 0.15) is 17.0 Å². The first-order valence-corrected chi connectivity index (χ1v) is 9.67. The van der Waals surface area contributed by atoms with E-state index in [2.05, 4.69) is 73.7 Å². The Morgan fingerprint density at radius 1 is 1.00 bits per heavy atom. The van der Waals surface area contributed by atoms with E-state index in [1.807, 2.05) is 34.0 Å². The van der Waals surface area contributed by atoms with Crippen molar-refractivity contribution in [2.24, 2.45) is 10.7 Å². The highest BCUT2D eigenvalue weighted by atomic mass is 15.2. The topological polar surface area (TPSA) is 79.4 Å². The van der Waals surface area contributed by atoms with E-state index in [9.17, 15) is 0 Å². The second kappa shape index (κ2) is 9.19. The second-order valence-corrected chi connectivity index (χ2v) is 7.21. The van der Waals surface area contributed by atoms with Crippen molar-refractivity contribution in [3.63, 3.8) is 0 Å². The number of nitrogens with two attached hydrogens (primary N) is 1. The lowest BCUT2D eigenvalue weighted by Crippen LogP contribution is -2.24. The highest BCUT2D eigenvalue weighted by molar-refractivity contribution is 5.90. The molecule has 1 heterocycles. The first-order valence-electron chi connectivity index (χ1n) is 9.67. The van der Waals surface area contributed by atoms with Crippen molar-refractivity contribution in [1.29, 1.82) is 0 Å². The van der Waals surface area contributed by atoms with Crippen molar-refractivity contribution >= 4 is 17.6 Å². The van der Waals surface area contributed by atoms with Crippen molar-refractivity contribution in [2.45, 2.75) is 20.3 Å². The summed E-state index contributed by atoms with van der Waals surface area (Å²) in [6.45, 7) is 4.43. The molecule has 6 heteroatoms. The zero-order chi connectivity index (χ0) is 20.8. The molecule has 3 N–H and O–H groups in total. The van der Waals surface area contributed by atoms with Gasteiger partial charge in [0.25, 0.3) is 0 Å². The molecule has 0 radical (unpaired) electrons. The van der Waals surface area contributed by atoms with Gasteiger partial charge in [-0.1, -0.05) is 36.4 Å². The number of benzene rings is 2. The summed E-state index contributed by atoms with van der Waals surface area (Å²) in [6, 6.07) is 18.9. The lowest BCUT2D eigenvalue weighted by Gasteiger charge is -2.14. The highest BCUT2D eigenvalue weighted by Crippen LogP contribution is 2.26. The number of nitrogens with zero attached hydrogens (tertiary/aromatic N) is 4. The van der Waals surface area contributed by atoms with E-state index in [-0.39, 0.29) is 0 Å². The maximum Gasteiger partial charge on any atom is 0.229 e. The molecule has 150 valence electrons. The number of anilines is 2. The Morgan fingerprint density at radius 2 is 1.66 bits per heavy atom. The Kier molecular flexibility index (Phi) is 6.44. The predicted octanol–water partition coefficient (Wildman–Crippen LogP) is 3.80. The number of nitrogens with one attached hydrogen (secondary N) is 1. The molecule has 0 saturated carbocycles. The monoisotopic (exact) mass is 388 g/mol. The SMILES string of the molecule is Cc1cc(C)nc(NC(N)=NCCc2ccccc2-c2ccc(N(C)C)cc2)n1. The van der Waals surface area contributed by atoms with Gasteiger partial charge in [0.05, 0.1) is 0 Å². The zero-order valence-electron chi connectivity index (χ0n) is 17.5. The Morgan fingerprint density at radius 3 is 2.31 bits per heavy atom. The summed E-state index contributed by atoms with van der Waals surface area (Å²) in [7, 11) is 4.09. The summed E-state index contributed by atoms with van der Waals surface area (Å²) in [4.78, 5) is 15.2. The minimum Gasteiger partial charge on any atom is -0.378 e. The molecule has 0 atom stereocenters. The van der Waals surface area contributed by atoms with Gasteiger partial charge in [-0.15, -0.1) is 0 Å². The van der Waals surface area contributed by atoms with E-state index < -0.39 is 0 Å². The number of hydrogen-bond donors (Lipinski definition) is 2. The maximum absolute atomic E-state index is 6.02. The third-order valence-electron chi connectivity index (χ3n) is 4.60. The number of rotatable bonds is 6. The lowest BCUT2D eigenvalue weighted by molar-refractivity contribution is 0.964. The molecule has 0 aliphatic carbocycles. The largest absolute Gasteiger partial charge is 0.378 e. The molecule has 3 rings (SSSR count). The van der Waals surface area contributed by atoms with Crippen LogP contribution in [0.3, 0.4) is 0 Å². The normalized spacial score (nSPS) is 11.4. The van der Waals surface area contributed by atoms with Crippen LogP contribution < -0.4 is 16.0 Å². The van der Waals surface area contributed by atoms with E-state index in [0.717, 1.165) is 17.8 Å². The third kappa shape index (κ3) is 5.54. The highest BCUT2D eigenvalue weighted by Gasteiger charge is 2.06. The molecule has 0 bridgehead atoms. The predicted molar refractivity (Wildman–Crippen MR) is 122 cm³/mol. The fourth-order valence-corrected chi connectivity index (χ4v) is 3.19. The summed E-state index contributed by atoms with van der Waals surface area (Å²) < 4.78 is 0. The minimum absolute atomic E-state index is 0.322. The molecule has 0 saturated heterocycles. The molecular formula is C23H28N6. The Balaban J connectivity index is 1.68. The van der Waals surface area contributed by atoms with Crippen molar-refractivity contribution in [3.8, 4) is 11.1 Å². The van der Waals surface area contributed by atoms with Crippen LogP contribution in [0.2, 0.25) is 0 Å². The van der Waals surface area contributed by atoms with E-state index >= 15 is 0 Å². The molecule has 0 fully saturated rings. The van der Waals surface area contributed by atoms with Crippen LogP contribution >= 0.6 is 0 Å². The summed E-state index contributed by atoms with van der Waals surface area (Å²) in [5.41, 5.74) is 12.6. The molecular weight excluding hydrogens is 360 g/mol. The van der Waals surface area contributed by atoms with Crippen molar-refractivity contribution in [2.75, 3.05) is 30.9 Å². The number of aliphatic imine (C=N–C) groups is 1. The zero-order valence-corrected chi connectivity index (χ0v) is 17.5. The quantitative estimate of drug-likeness (QED) is 0.496. The van der Waals surface area contributed by atoms with Gasteiger partial charge in [-0.05, 0) is 55.2 Å². The van der Waals surface area contributed by atoms with Gasteiger partial charge in [0.1, 0.15) is 0 Å². The first kappa shape index (κ1) is 20.3. The molecule has 3 aromatic rings. The molecule has 6 nitrogen and oxygen atoms in total. The summed E-state index contributed by atoms with van der Waals surface area (Å²) >= 11 is 0. The van der Waals surface area contributed by atoms with Crippen LogP contribution in [-0.4, -0.2) is 36.6 Å². The van der Waals surface area contributed by atoms with E-state index in [1.54, 1.807) is 0 Å². The van der Waals surface area contributed by atoms with Crippen molar-refractivity contribution < 1.29 is 0 Å². The van der Waals surface area contributed by atoms with Crippen LogP contribution in [0.15, 0.2) is 59.6 Å². The van der Waals surface area contributed by atoms with Gasteiger partial charge in [-0.2, -0.15) is 0 Å². The number of aromatic nitrogens is 2. The first-order chi connectivity index (χ1) is 13.9. The molecule has 2 aromatic carbocycles. The molecule has 1 aromatic heterocycles. The van der Waals surface area contributed by atoms with Gasteiger partial charge in [0, 0.05) is 37.7 Å². The molecule has 0 spiro atoms. The Labute approximate surface area is 172 Å². The van der Waals surface area contributed by atoms with E-state index in [0.29, 0.717) is 18.5 Å². The lowest BCUT2D eigenvalue weighted by atomic mass is 9.97. The fraction of sp³-hybridized carbons (Fsp3) is 0.261. The van der Waals surface area contributed by atoms with Crippen LogP contribution in [0, 0.1) is 13.8 Å². The fourth-order valence-electron chi connectivity index (χ4n) is 3.19. The maximum atomic E-state index is 6.02. The van der Waals surface area contributed by atoms with Gasteiger partial charge in [-0.25, -0.2) is 9.97 Å². The number of aryl methyl sites for hydroxylation is 2. The van der Waals surface area contributed by atoms with Gasteiger partial charge in [0.15, 0.2) is 5.96 Å². The van der Waals surface area contributed by atoms with Gasteiger partial charge < -0.3 is 10.6 Å². The third-order valence-corrected chi connectivity index (χ3v) is 4.60. The number of hydrogen-bond acceptors (Lipinski definition) is 4. The molecule has 0 aliphatic heterocycles. The van der Waals surface area contributed by atoms with Crippen LogP contribution in [0.5, 0.6) is 0 Å². The second-order valence-electron chi connectivity index (χ2n) is 7.21. The summed E-state index contributed by atoms with van der Waals surface area (Å²) in [5.74, 6) is 0.799. The van der Waals surface area contributed by atoms with Crippen molar-refractivity contribution in [1.82, 2.24) is 9.97 Å². The van der Waals surface area contributed by atoms with E-state index in [1.165, 1.54) is 22.4 Å². The molecule has 0 unspecified atom stereocenters. The van der Waals surface area contributed by atoms with Crippen LogP contribution in [0.4, 0.5) is 11.6 Å². The minimum atomic E-state index is 0.322. The number of guanidine groups is 1. The molecule has 29 heavy (non-hydrogen) atoms. The van der Waals surface area contributed by atoms with Crippen LogP contribution in [-0.2, 0) is 6.42 Å². The van der Waals surface area contributed by atoms with Gasteiger partial charge >= 0.3 is 0 Å². The molecule has 0 amide bonds. The average Bonchev–Trinajstić information content (AvgIpc) is 2.67. The molecule has 0 aliphatic rings.